The number of carbonyl (C=O) groups excluding carboxylic acids is 1. The second-order valence-electron chi connectivity index (χ2n) is 5.52. The van der Waals surface area contributed by atoms with Crippen LogP contribution in [0.5, 0.6) is 5.75 Å². The van der Waals surface area contributed by atoms with Crippen LogP contribution in [0.15, 0.2) is 84.9 Å². The van der Waals surface area contributed by atoms with Gasteiger partial charge >= 0.3 is 0 Å². The number of rotatable bonds is 6. The van der Waals surface area contributed by atoms with Crippen LogP contribution in [0.25, 0.3) is 6.08 Å². The largest absolute Gasteiger partial charge is 0.488 e. The lowest BCUT2D eigenvalue weighted by molar-refractivity contribution is 0.104. The third kappa shape index (κ3) is 4.82. The lowest BCUT2D eigenvalue weighted by Gasteiger charge is -2.09. The van der Waals surface area contributed by atoms with Crippen LogP contribution < -0.4 is 4.74 Å². The summed E-state index contributed by atoms with van der Waals surface area (Å²) in [5.41, 5.74) is 2.47. The highest BCUT2D eigenvalue weighted by Crippen LogP contribution is 2.21. The Balaban J connectivity index is 1.74. The number of hydrogen-bond acceptors (Lipinski definition) is 2. The molecule has 2 nitrogen and oxygen atoms in total. The van der Waals surface area contributed by atoms with Gasteiger partial charge in [0.2, 0.25) is 0 Å². The fraction of sp³-hybridized carbons (Fsp3) is 0.0455. The van der Waals surface area contributed by atoms with E-state index in [1.54, 1.807) is 18.2 Å². The third-order valence-electron chi connectivity index (χ3n) is 3.67. The first kappa shape index (κ1) is 17.0. The van der Waals surface area contributed by atoms with Crippen molar-refractivity contribution in [3.63, 3.8) is 0 Å². The average Bonchev–Trinajstić information content (AvgIpc) is 2.65. The molecule has 0 amide bonds. The maximum atomic E-state index is 12.5. The molecule has 0 fully saturated rings. The first-order valence-electron chi connectivity index (χ1n) is 7.96. The standard InChI is InChI=1S/C22H17ClO2/c23-19-10-6-9-17(15-19)13-14-21(24)20-11-4-5-12-22(20)25-16-18-7-2-1-3-8-18/h1-15H,16H2/b14-13-. The molecule has 0 aliphatic rings. The van der Waals surface area contributed by atoms with E-state index in [1.165, 1.54) is 6.08 Å². The zero-order chi connectivity index (χ0) is 17.5. The van der Waals surface area contributed by atoms with Gasteiger partial charge in [-0.3, -0.25) is 4.79 Å². The summed E-state index contributed by atoms with van der Waals surface area (Å²) in [7, 11) is 0. The van der Waals surface area contributed by atoms with Crippen LogP contribution in [0.4, 0.5) is 0 Å². The molecule has 25 heavy (non-hydrogen) atoms. The smallest absolute Gasteiger partial charge is 0.189 e. The minimum atomic E-state index is -0.108. The van der Waals surface area contributed by atoms with Crippen molar-refractivity contribution in [3.05, 3.63) is 107 Å². The van der Waals surface area contributed by atoms with Crippen molar-refractivity contribution >= 4 is 23.5 Å². The summed E-state index contributed by atoms with van der Waals surface area (Å²) in [5.74, 6) is 0.468. The van der Waals surface area contributed by atoms with Crippen molar-refractivity contribution in [3.8, 4) is 5.75 Å². The molecule has 0 bridgehead atoms. The maximum absolute atomic E-state index is 12.5. The van der Waals surface area contributed by atoms with E-state index in [0.717, 1.165) is 11.1 Å². The number of para-hydroxylation sites is 1. The quantitative estimate of drug-likeness (QED) is 0.414. The Hall–Kier alpha value is -2.84. The molecule has 3 heteroatoms. The molecule has 0 unspecified atom stereocenters. The number of benzene rings is 3. The van der Waals surface area contributed by atoms with E-state index in [9.17, 15) is 4.79 Å². The highest BCUT2D eigenvalue weighted by molar-refractivity contribution is 6.30. The summed E-state index contributed by atoms with van der Waals surface area (Å²) in [6.07, 6.45) is 3.29. The van der Waals surface area contributed by atoms with Gasteiger partial charge in [0.05, 0.1) is 5.56 Å². The Morgan fingerprint density at radius 2 is 1.68 bits per heavy atom. The van der Waals surface area contributed by atoms with Gasteiger partial charge in [0.1, 0.15) is 12.4 Å². The van der Waals surface area contributed by atoms with Crippen LogP contribution in [-0.2, 0) is 6.61 Å². The van der Waals surface area contributed by atoms with Gasteiger partial charge in [-0.1, -0.05) is 72.3 Å². The van der Waals surface area contributed by atoms with Crippen molar-refractivity contribution in [2.45, 2.75) is 6.61 Å². The van der Waals surface area contributed by atoms with Crippen molar-refractivity contribution in [2.75, 3.05) is 0 Å². The molecule has 3 rings (SSSR count). The zero-order valence-electron chi connectivity index (χ0n) is 13.6. The molecule has 0 radical (unpaired) electrons. The monoisotopic (exact) mass is 348 g/mol. The maximum Gasteiger partial charge on any atom is 0.189 e. The van der Waals surface area contributed by atoms with E-state index in [2.05, 4.69) is 0 Å². The van der Waals surface area contributed by atoms with E-state index < -0.39 is 0 Å². The summed E-state index contributed by atoms with van der Waals surface area (Å²) < 4.78 is 5.84. The van der Waals surface area contributed by atoms with Crippen LogP contribution in [0.2, 0.25) is 5.02 Å². The number of ketones is 1. The molecule has 0 N–H and O–H groups in total. The number of allylic oxidation sites excluding steroid dienone is 1. The molecule has 0 spiro atoms. The molecular formula is C22H17ClO2. The van der Waals surface area contributed by atoms with Gasteiger partial charge in [0.15, 0.2) is 5.78 Å². The number of carbonyl (C=O) groups is 1. The van der Waals surface area contributed by atoms with E-state index in [0.29, 0.717) is 22.9 Å². The molecule has 0 atom stereocenters. The second-order valence-corrected chi connectivity index (χ2v) is 5.96. The molecule has 0 saturated carbocycles. The Kier molecular flexibility index (Phi) is 5.65. The summed E-state index contributed by atoms with van der Waals surface area (Å²) >= 11 is 5.96. The van der Waals surface area contributed by atoms with Gasteiger partial charge in [-0.2, -0.15) is 0 Å². The summed E-state index contributed by atoms with van der Waals surface area (Å²) in [6.45, 7) is 0.420. The molecule has 3 aromatic carbocycles. The zero-order valence-corrected chi connectivity index (χ0v) is 14.3. The van der Waals surface area contributed by atoms with Crippen molar-refractivity contribution < 1.29 is 9.53 Å². The highest BCUT2D eigenvalue weighted by atomic mass is 35.5. The highest BCUT2D eigenvalue weighted by Gasteiger charge is 2.09. The van der Waals surface area contributed by atoms with E-state index in [-0.39, 0.29) is 5.78 Å². The van der Waals surface area contributed by atoms with E-state index in [1.807, 2.05) is 66.7 Å². The predicted octanol–water partition coefficient (Wildman–Crippen LogP) is 5.82. The lowest BCUT2D eigenvalue weighted by Crippen LogP contribution is -2.02. The number of halogens is 1. The van der Waals surface area contributed by atoms with Gasteiger partial charge in [-0.25, -0.2) is 0 Å². The Morgan fingerprint density at radius 1 is 0.920 bits per heavy atom. The molecule has 0 aliphatic carbocycles. The molecule has 3 aromatic rings. The number of hydrogen-bond donors (Lipinski definition) is 0. The summed E-state index contributed by atoms with van der Waals surface area (Å²) in [6, 6.07) is 24.5. The van der Waals surface area contributed by atoms with Crippen molar-refractivity contribution in [1.29, 1.82) is 0 Å². The minimum absolute atomic E-state index is 0.108. The lowest BCUT2D eigenvalue weighted by atomic mass is 10.1. The van der Waals surface area contributed by atoms with E-state index in [4.69, 9.17) is 16.3 Å². The van der Waals surface area contributed by atoms with Crippen molar-refractivity contribution in [2.24, 2.45) is 0 Å². The number of ether oxygens (including phenoxy) is 1. The van der Waals surface area contributed by atoms with Gasteiger partial charge in [-0.15, -0.1) is 0 Å². The fourth-order valence-corrected chi connectivity index (χ4v) is 2.60. The predicted molar refractivity (Wildman–Crippen MR) is 102 cm³/mol. The topological polar surface area (TPSA) is 26.3 Å². The van der Waals surface area contributed by atoms with Gasteiger partial charge < -0.3 is 4.74 Å². The summed E-state index contributed by atoms with van der Waals surface area (Å²) in [5, 5.41) is 0.640. The van der Waals surface area contributed by atoms with Crippen LogP contribution in [-0.4, -0.2) is 5.78 Å². The second kappa shape index (κ2) is 8.32. The SMILES string of the molecule is O=C(/C=C\c1cccc(Cl)c1)c1ccccc1OCc1ccccc1. The van der Waals surface area contributed by atoms with Crippen LogP contribution in [0, 0.1) is 0 Å². The Morgan fingerprint density at radius 3 is 2.48 bits per heavy atom. The van der Waals surface area contributed by atoms with E-state index >= 15 is 0 Å². The Bertz CT molecular complexity index is 885. The molecule has 0 heterocycles. The average molecular weight is 349 g/mol. The first-order valence-corrected chi connectivity index (χ1v) is 8.34. The van der Waals surface area contributed by atoms with Gasteiger partial charge in [0, 0.05) is 5.02 Å². The van der Waals surface area contributed by atoms with Crippen molar-refractivity contribution in [1.82, 2.24) is 0 Å². The van der Waals surface area contributed by atoms with Gasteiger partial charge in [-0.05, 0) is 41.5 Å². The Labute approximate surface area is 152 Å². The molecule has 0 aromatic heterocycles. The fourth-order valence-electron chi connectivity index (χ4n) is 2.40. The van der Waals surface area contributed by atoms with Gasteiger partial charge in [0.25, 0.3) is 0 Å². The van der Waals surface area contributed by atoms with Crippen LogP contribution in [0.1, 0.15) is 21.5 Å². The first-order chi connectivity index (χ1) is 12.2. The normalized spacial score (nSPS) is 10.8. The summed E-state index contributed by atoms with van der Waals surface area (Å²) in [4.78, 5) is 12.5. The molecular weight excluding hydrogens is 332 g/mol. The minimum Gasteiger partial charge on any atom is -0.488 e. The van der Waals surface area contributed by atoms with Crippen LogP contribution >= 0.6 is 11.6 Å². The molecule has 0 saturated heterocycles. The third-order valence-corrected chi connectivity index (χ3v) is 3.90. The van der Waals surface area contributed by atoms with Crippen LogP contribution in [0.3, 0.4) is 0 Å². The molecule has 0 aliphatic heterocycles. The molecule has 124 valence electrons.